The van der Waals surface area contributed by atoms with E-state index < -0.39 is 0 Å². The number of carbonyl (C=O) groups excluding carboxylic acids is 1. The zero-order chi connectivity index (χ0) is 20.3. The van der Waals surface area contributed by atoms with Gasteiger partial charge in [-0.3, -0.25) is 4.79 Å². The number of carbonyl (C=O) groups is 1. The van der Waals surface area contributed by atoms with Crippen LogP contribution in [0.1, 0.15) is 35.0 Å². The monoisotopic (exact) mass is 409 g/mol. The molecule has 0 fully saturated rings. The van der Waals surface area contributed by atoms with Crippen LogP contribution in [-0.4, -0.2) is 40.6 Å². The maximum atomic E-state index is 12.5. The second-order valence-corrected chi connectivity index (χ2v) is 7.39. The molecule has 1 aliphatic heterocycles. The van der Waals surface area contributed by atoms with E-state index in [2.05, 4.69) is 25.7 Å². The van der Waals surface area contributed by atoms with E-state index in [9.17, 15) is 9.90 Å². The first kappa shape index (κ1) is 17.6. The average molecular weight is 410 g/mol. The molecule has 5 rings (SSSR count). The summed E-state index contributed by atoms with van der Waals surface area (Å²) < 4.78 is 3.25. The zero-order valence-electron chi connectivity index (χ0n) is 15.6. The lowest BCUT2D eigenvalue weighted by Gasteiger charge is -2.24. The van der Waals surface area contributed by atoms with Crippen LogP contribution in [-0.2, 0) is 4.79 Å². The number of aromatic nitrogens is 6. The molecule has 1 unspecified atom stereocenters. The van der Waals surface area contributed by atoms with Gasteiger partial charge in [-0.25, -0.2) is 0 Å². The highest BCUT2D eigenvalue weighted by Gasteiger charge is 2.33. The molecule has 4 heterocycles. The quantitative estimate of drug-likeness (QED) is 0.526. The van der Waals surface area contributed by atoms with Crippen LogP contribution in [0.2, 0.25) is 5.02 Å². The highest BCUT2D eigenvalue weighted by molar-refractivity contribution is 6.32. The third kappa shape index (κ3) is 2.73. The minimum absolute atomic E-state index is 0.00475. The van der Waals surface area contributed by atoms with Gasteiger partial charge in [0.2, 0.25) is 5.91 Å². The largest absolute Gasteiger partial charge is 0.506 e. The summed E-state index contributed by atoms with van der Waals surface area (Å²) in [6.07, 6.45) is 0.262. The second kappa shape index (κ2) is 6.28. The minimum Gasteiger partial charge on any atom is -0.506 e. The zero-order valence-corrected chi connectivity index (χ0v) is 16.3. The number of nitrogens with one attached hydrogen (secondary N) is 1. The summed E-state index contributed by atoms with van der Waals surface area (Å²) in [5.41, 5.74) is 3.14. The van der Waals surface area contributed by atoms with Crippen LogP contribution in [0.5, 0.6) is 5.75 Å². The Kier molecular flexibility index (Phi) is 3.82. The summed E-state index contributed by atoms with van der Waals surface area (Å²) in [5.74, 6) is 1.41. The summed E-state index contributed by atoms with van der Waals surface area (Å²) >= 11 is 6.10. The van der Waals surface area contributed by atoms with E-state index in [4.69, 9.17) is 11.6 Å². The normalized spacial score (nSPS) is 16.1. The van der Waals surface area contributed by atoms with Crippen molar-refractivity contribution >= 4 is 29.0 Å². The van der Waals surface area contributed by atoms with Crippen molar-refractivity contribution in [2.75, 3.05) is 5.32 Å². The number of anilines is 1. The number of halogens is 1. The molecule has 1 aromatic carbocycles. The number of nitrogens with zero attached hydrogens (tertiary/aromatic N) is 6. The maximum Gasteiger partial charge on any atom is 0.226 e. The molecule has 0 bridgehead atoms. The topological polar surface area (TPSA) is 110 Å². The Hall–Kier alpha value is -3.46. The van der Waals surface area contributed by atoms with Crippen LogP contribution >= 0.6 is 11.6 Å². The van der Waals surface area contributed by atoms with Crippen molar-refractivity contribution in [2.24, 2.45) is 0 Å². The number of aryl methyl sites for hydroxylation is 2. The number of hydrogen-bond acceptors (Lipinski definition) is 6. The summed E-state index contributed by atoms with van der Waals surface area (Å²) in [6, 6.07) is 8.58. The number of benzene rings is 1. The van der Waals surface area contributed by atoms with Gasteiger partial charge in [-0.2, -0.15) is 14.3 Å². The summed E-state index contributed by atoms with van der Waals surface area (Å²) in [7, 11) is 0. The Morgan fingerprint density at radius 3 is 2.79 bits per heavy atom. The lowest BCUT2D eigenvalue weighted by molar-refractivity contribution is -0.116. The molecule has 10 heteroatoms. The third-order valence-electron chi connectivity index (χ3n) is 5.10. The van der Waals surface area contributed by atoms with Crippen molar-refractivity contribution in [3.63, 3.8) is 0 Å². The van der Waals surface area contributed by atoms with Gasteiger partial charge in [0.05, 0.1) is 10.7 Å². The summed E-state index contributed by atoms with van der Waals surface area (Å²) in [5, 5.41) is 30.2. The summed E-state index contributed by atoms with van der Waals surface area (Å²) in [6.45, 7) is 3.71. The molecule has 4 aromatic rings. The Balaban J connectivity index is 1.68. The molecule has 0 spiro atoms. The standard InChI is InChI=1S/C19H16ClN7O2/c1-9-18-12(11-3-4-14(28)13(20)7-11)8-17(29)21-19(18)27(24-9)16-6-5-15-23-22-10(2)26(15)25-16/h3-7,12,28H,8H2,1-2H3,(H,21,29). The molecule has 29 heavy (non-hydrogen) atoms. The van der Waals surface area contributed by atoms with Gasteiger partial charge in [0.15, 0.2) is 17.3 Å². The predicted octanol–water partition coefficient (Wildman–Crippen LogP) is 2.76. The van der Waals surface area contributed by atoms with E-state index in [0.717, 1.165) is 16.8 Å². The molecule has 2 N–H and O–H groups in total. The number of phenolic OH excluding ortho intramolecular Hbond substituents is 1. The van der Waals surface area contributed by atoms with Crippen LogP contribution in [0, 0.1) is 13.8 Å². The molecular formula is C19H16ClN7O2. The SMILES string of the molecule is Cc1nn(-c2ccc3nnc(C)n3n2)c2c1C(c1ccc(O)c(Cl)c1)CC(=O)N2. The van der Waals surface area contributed by atoms with Gasteiger partial charge in [-0.05, 0) is 43.7 Å². The Bertz CT molecular complexity index is 1290. The molecule has 0 radical (unpaired) electrons. The van der Waals surface area contributed by atoms with Gasteiger partial charge in [0.25, 0.3) is 0 Å². The van der Waals surface area contributed by atoms with E-state index in [1.54, 1.807) is 33.5 Å². The lowest BCUT2D eigenvalue weighted by Crippen LogP contribution is -2.25. The average Bonchev–Trinajstić information content (AvgIpc) is 3.23. The van der Waals surface area contributed by atoms with E-state index in [1.807, 2.05) is 13.8 Å². The first-order valence-corrected chi connectivity index (χ1v) is 9.37. The third-order valence-corrected chi connectivity index (χ3v) is 5.40. The predicted molar refractivity (Wildman–Crippen MR) is 106 cm³/mol. The first-order chi connectivity index (χ1) is 13.9. The van der Waals surface area contributed by atoms with Crippen LogP contribution in [0.3, 0.4) is 0 Å². The van der Waals surface area contributed by atoms with Crippen molar-refractivity contribution < 1.29 is 9.90 Å². The molecule has 0 aliphatic carbocycles. The van der Waals surface area contributed by atoms with E-state index >= 15 is 0 Å². The van der Waals surface area contributed by atoms with Crippen molar-refractivity contribution in [1.29, 1.82) is 0 Å². The highest BCUT2D eigenvalue weighted by Crippen LogP contribution is 2.41. The highest BCUT2D eigenvalue weighted by atomic mass is 35.5. The Morgan fingerprint density at radius 1 is 1.17 bits per heavy atom. The molecule has 3 aromatic heterocycles. The smallest absolute Gasteiger partial charge is 0.226 e. The fourth-order valence-corrected chi connectivity index (χ4v) is 3.93. The van der Waals surface area contributed by atoms with Gasteiger partial charge in [-0.1, -0.05) is 17.7 Å². The molecule has 1 amide bonds. The van der Waals surface area contributed by atoms with Gasteiger partial charge in [-0.15, -0.1) is 15.3 Å². The van der Waals surface area contributed by atoms with E-state index in [0.29, 0.717) is 23.1 Å². The molecule has 0 saturated carbocycles. The number of hydrogen-bond donors (Lipinski definition) is 2. The Labute approximate surface area is 169 Å². The van der Waals surface area contributed by atoms with E-state index in [1.165, 1.54) is 6.07 Å². The fraction of sp³-hybridized carbons (Fsp3) is 0.211. The van der Waals surface area contributed by atoms with Crippen molar-refractivity contribution in [3.05, 3.63) is 58.0 Å². The number of aromatic hydroxyl groups is 1. The van der Waals surface area contributed by atoms with Gasteiger partial charge < -0.3 is 10.4 Å². The van der Waals surface area contributed by atoms with Crippen LogP contribution in [0.4, 0.5) is 5.82 Å². The fourth-order valence-electron chi connectivity index (χ4n) is 3.74. The van der Waals surface area contributed by atoms with Crippen LogP contribution in [0.15, 0.2) is 30.3 Å². The molecule has 1 aliphatic rings. The molecule has 0 saturated heterocycles. The van der Waals surface area contributed by atoms with Crippen LogP contribution in [0.25, 0.3) is 11.5 Å². The summed E-state index contributed by atoms with van der Waals surface area (Å²) in [4.78, 5) is 12.5. The van der Waals surface area contributed by atoms with E-state index in [-0.39, 0.29) is 29.0 Å². The molecule has 9 nitrogen and oxygen atoms in total. The number of fused-ring (bicyclic) bond motifs is 2. The first-order valence-electron chi connectivity index (χ1n) is 8.99. The molecule has 146 valence electrons. The van der Waals surface area contributed by atoms with Gasteiger partial charge in [0, 0.05) is 17.9 Å². The van der Waals surface area contributed by atoms with Gasteiger partial charge >= 0.3 is 0 Å². The number of phenols is 1. The Morgan fingerprint density at radius 2 is 2.00 bits per heavy atom. The van der Waals surface area contributed by atoms with Crippen molar-refractivity contribution in [1.82, 2.24) is 29.6 Å². The van der Waals surface area contributed by atoms with Crippen molar-refractivity contribution in [3.8, 4) is 11.6 Å². The second-order valence-electron chi connectivity index (χ2n) is 6.98. The van der Waals surface area contributed by atoms with Gasteiger partial charge in [0.1, 0.15) is 11.6 Å². The number of amides is 1. The van der Waals surface area contributed by atoms with Crippen molar-refractivity contribution in [2.45, 2.75) is 26.2 Å². The van der Waals surface area contributed by atoms with Crippen LogP contribution < -0.4 is 5.32 Å². The maximum absolute atomic E-state index is 12.5. The lowest BCUT2D eigenvalue weighted by atomic mass is 9.86. The molecular weight excluding hydrogens is 394 g/mol. The molecule has 1 atom stereocenters. The minimum atomic E-state index is -0.231. The number of rotatable bonds is 2.